The second-order valence-electron chi connectivity index (χ2n) is 5.23. The molecule has 1 N–H and O–H groups in total. The number of carbonyl (C=O) groups is 1. The lowest BCUT2D eigenvalue weighted by Crippen LogP contribution is -2.48. The van der Waals surface area contributed by atoms with E-state index in [9.17, 15) is 4.79 Å². The summed E-state index contributed by atoms with van der Waals surface area (Å²) in [5.41, 5.74) is 0.879. The molecule has 1 aliphatic rings. The number of amides is 1. The normalized spacial score (nSPS) is 19.0. The van der Waals surface area contributed by atoms with Gasteiger partial charge in [0.1, 0.15) is 6.10 Å². The Kier molecular flexibility index (Phi) is 4.32. The lowest BCUT2D eigenvalue weighted by Gasteiger charge is -2.31. The highest BCUT2D eigenvalue weighted by Crippen LogP contribution is 2.33. The number of nitrogens with zero attached hydrogens (tertiary/aromatic N) is 1. The van der Waals surface area contributed by atoms with Crippen LogP contribution in [0.1, 0.15) is 12.5 Å². The second kappa shape index (κ2) is 6.56. The number of benzene rings is 1. The molecule has 0 bridgehead atoms. The van der Waals surface area contributed by atoms with Gasteiger partial charge in [-0.2, -0.15) is 0 Å². The number of aromatic nitrogens is 1. The topological polar surface area (TPSA) is 69.7 Å². The van der Waals surface area contributed by atoms with Crippen LogP contribution in [0.2, 0.25) is 0 Å². The molecule has 1 aliphatic heterocycles. The Morgan fingerprint density at radius 3 is 2.61 bits per heavy atom. The van der Waals surface area contributed by atoms with E-state index in [1.807, 2.05) is 31.2 Å². The quantitative estimate of drug-likeness (QED) is 0.934. The van der Waals surface area contributed by atoms with Crippen molar-refractivity contribution in [1.82, 2.24) is 10.3 Å². The zero-order valence-electron chi connectivity index (χ0n) is 13.0. The van der Waals surface area contributed by atoms with Gasteiger partial charge in [0.05, 0.1) is 7.11 Å². The van der Waals surface area contributed by atoms with Crippen molar-refractivity contribution in [2.45, 2.75) is 25.7 Å². The van der Waals surface area contributed by atoms with Gasteiger partial charge in [-0.3, -0.25) is 4.79 Å². The highest BCUT2D eigenvalue weighted by Gasteiger charge is 2.33. The van der Waals surface area contributed by atoms with E-state index in [-0.39, 0.29) is 12.0 Å². The largest absolute Gasteiger partial charge is 0.482 e. The summed E-state index contributed by atoms with van der Waals surface area (Å²) in [7, 11) is 1.56. The van der Waals surface area contributed by atoms with Crippen molar-refractivity contribution >= 4 is 5.91 Å². The summed E-state index contributed by atoms with van der Waals surface area (Å²) >= 11 is 0. The fourth-order valence-electron chi connectivity index (χ4n) is 2.33. The molecule has 1 aromatic carbocycles. The van der Waals surface area contributed by atoms with Gasteiger partial charge in [0.25, 0.3) is 5.91 Å². The minimum absolute atomic E-state index is 0.220. The Hall–Kier alpha value is -2.76. The summed E-state index contributed by atoms with van der Waals surface area (Å²) in [5, 5.41) is 2.84. The number of methoxy groups -OCH3 is 1. The van der Waals surface area contributed by atoms with Gasteiger partial charge in [0.2, 0.25) is 12.0 Å². The van der Waals surface area contributed by atoms with E-state index >= 15 is 0 Å². The number of fused-ring (bicyclic) bond motifs is 1. The molecule has 2 heterocycles. The van der Waals surface area contributed by atoms with Crippen LogP contribution in [-0.4, -0.2) is 30.2 Å². The van der Waals surface area contributed by atoms with Crippen molar-refractivity contribution in [2.24, 2.45) is 0 Å². The monoisotopic (exact) mass is 314 g/mol. The molecule has 0 fully saturated rings. The van der Waals surface area contributed by atoms with Gasteiger partial charge in [0.15, 0.2) is 11.5 Å². The van der Waals surface area contributed by atoms with Gasteiger partial charge in [0, 0.05) is 18.8 Å². The first-order chi connectivity index (χ1) is 11.2. The van der Waals surface area contributed by atoms with Crippen molar-refractivity contribution in [1.29, 1.82) is 0 Å². The van der Waals surface area contributed by atoms with Crippen molar-refractivity contribution in [2.75, 3.05) is 7.11 Å². The molecule has 0 saturated carbocycles. The highest BCUT2D eigenvalue weighted by molar-refractivity contribution is 5.82. The lowest BCUT2D eigenvalue weighted by molar-refractivity contribution is -0.133. The van der Waals surface area contributed by atoms with Gasteiger partial charge < -0.3 is 19.5 Å². The highest BCUT2D eigenvalue weighted by atomic mass is 16.6. The molecule has 2 aromatic rings. The number of pyridine rings is 1. The number of hydrogen-bond donors (Lipinski definition) is 1. The maximum atomic E-state index is 12.4. The van der Waals surface area contributed by atoms with Crippen molar-refractivity contribution in [3.63, 3.8) is 0 Å². The van der Waals surface area contributed by atoms with Crippen LogP contribution >= 0.6 is 0 Å². The minimum atomic E-state index is -0.684. The number of para-hydroxylation sites is 2. The summed E-state index contributed by atoms with van der Waals surface area (Å²) in [6.07, 6.45) is 0.616. The zero-order chi connectivity index (χ0) is 16.2. The van der Waals surface area contributed by atoms with E-state index in [1.54, 1.807) is 25.4 Å². The first kappa shape index (κ1) is 15.1. The number of hydrogen-bond acceptors (Lipinski definition) is 5. The Labute approximate surface area is 134 Å². The fourth-order valence-corrected chi connectivity index (χ4v) is 2.33. The molecule has 3 rings (SSSR count). The number of ether oxygens (including phenoxy) is 3. The zero-order valence-corrected chi connectivity index (χ0v) is 13.0. The van der Waals surface area contributed by atoms with E-state index in [1.165, 1.54) is 0 Å². The van der Waals surface area contributed by atoms with Crippen molar-refractivity contribution < 1.29 is 19.0 Å². The number of carbonyl (C=O) groups excluding carboxylic acids is 1. The van der Waals surface area contributed by atoms with Gasteiger partial charge in [-0.25, -0.2) is 4.98 Å². The second-order valence-corrected chi connectivity index (χ2v) is 5.23. The summed E-state index contributed by atoms with van der Waals surface area (Å²) in [5.74, 6) is 1.55. The number of nitrogens with one attached hydrogen (secondary N) is 1. The Morgan fingerprint density at radius 1 is 1.22 bits per heavy atom. The van der Waals surface area contributed by atoms with Crippen molar-refractivity contribution in [3.8, 4) is 17.4 Å². The Morgan fingerprint density at radius 2 is 1.96 bits per heavy atom. The minimum Gasteiger partial charge on any atom is -0.482 e. The molecule has 1 aromatic heterocycles. The van der Waals surface area contributed by atoms with Crippen LogP contribution in [0.15, 0.2) is 42.6 Å². The standard InChI is InChI=1S/C17H18N2O4/c1-11-16(23-14-6-4-3-5-13(14)22-11)17(20)19-10-12-7-8-15(21-2)18-9-12/h3-9,11,16H,10H2,1-2H3,(H,19,20)/t11-,16-/m0/s1. The fraction of sp³-hybridized carbons (Fsp3) is 0.294. The van der Waals surface area contributed by atoms with E-state index in [2.05, 4.69) is 10.3 Å². The first-order valence-electron chi connectivity index (χ1n) is 7.36. The lowest BCUT2D eigenvalue weighted by atomic mass is 10.1. The molecule has 2 atom stereocenters. The van der Waals surface area contributed by atoms with Crippen LogP contribution < -0.4 is 19.5 Å². The van der Waals surface area contributed by atoms with E-state index in [4.69, 9.17) is 14.2 Å². The molecule has 0 radical (unpaired) electrons. The first-order valence-corrected chi connectivity index (χ1v) is 7.36. The summed E-state index contributed by atoms with van der Waals surface area (Å²) < 4.78 is 16.5. The van der Waals surface area contributed by atoms with Crippen LogP contribution in [0.4, 0.5) is 0 Å². The molecule has 0 aliphatic carbocycles. The molecular formula is C17H18N2O4. The summed E-state index contributed by atoms with van der Waals surface area (Å²) in [6, 6.07) is 10.9. The van der Waals surface area contributed by atoms with Crippen LogP contribution in [0.25, 0.3) is 0 Å². The Bertz CT molecular complexity index is 687. The van der Waals surface area contributed by atoms with Gasteiger partial charge in [-0.15, -0.1) is 0 Å². The Balaban J connectivity index is 1.61. The molecular weight excluding hydrogens is 296 g/mol. The molecule has 0 saturated heterocycles. The van der Waals surface area contributed by atoms with Crippen molar-refractivity contribution in [3.05, 3.63) is 48.2 Å². The van der Waals surface area contributed by atoms with Gasteiger partial charge >= 0.3 is 0 Å². The molecule has 120 valence electrons. The molecule has 0 unspecified atom stereocenters. The molecule has 0 spiro atoms. The third-order valence-electron chi connectivity index (χ3n) is 3.57. The van der Waals surface area contributed by atoms with E-state index in [0.29, 0.717) is 23.9 Å². The molecule has 6 nitrogen and oxygen atoms in total. The van der Waals surface area contributed by atoms with Crippen LogP contribution in [-0.2, 0) is 11.3 Å². The average molecular weight is 314 g/mol. The maximum Gasteiger partial charge on any atom is 0.265 e. The van der Waals surface area contributed by atoms with Gasteiger partial charge in [-0.1, -0.05) is 18.2 Å². The van der Waals surface area contributed by atoms with Crippen LogP contribution in [0.3, 0.4) is 0 Å². The molecule has 1 amide bonds. The predicted octanol–water partition coefficient (Wildman–Crippen LogP) is 1.93. The summed E-state index contributed by atoms with van der Waals surface area (Å²) in [4.78, 5) is 16.5. The van der Waals surface area contributed by atoms with E-state index < -0.39 is 6.10 Å². The van der Waals surface area contributed by atoms with E-state index in [0.717, 1.165) is 5.56 Å². The maximum absolute atomic E-state index is 12.4. The third-order valence-corrected chi connectivity index (χ3v) is 3.57. The summed E-state index contributed by atoms with van der Waals surface area (Å²) in [6.45, 7) is 2.18. The third kappa shape index (κ3) is 3.36. The average Bonchev–Trinajstić information content (AvgIpc) is 2.59. The molecule has 6 heteroatoms. The molecule has 23 heavy (non-hydrogen) atoms. The van der Waals surface area contributed by atoms with Gasteiger partial charge in [-0.05, 0) is 24.6 Å². The SMILES string of the molecule is COc1ccc(CNC(=O)[C@H]2Oc3ccccc3O[C@H]2C)cn1. The predicted molar refractivity (Wildman–Crippen MR) is 83.6 cm³/mol. The number of rotatable bonds is 4. The van der Waals surface area contributed by atoms with Crippen LogP contribution in [0.5, 0.6) is 17.4 Å². The smallest absolute Gasteiger partial charge is 0.265 e. The van der Waals surface area contributed by atoms with Crippen LogP contribution in [0, 0.1) is 0 Å².